The molecule has 120 valence electrons. The summed E-state index contributed by atoms with van der Waals surface area (Å²) in [6, 6.07) is 15.6. The van der Waals surface area contributed by atoms with E-state index in [0.29, 0.717) is 0 Å². The lowest BCUT2D eigenvalue weighted by Crippen LogP contribution is -2.45. The van der Waals surface area contributed by atoms with Gasteiger partial charge in [0.1, 0.15) is 11.6 Å². The molecule has 0 saturated carbocycles. The third kappa shape index (κ3) is 3.11. The highest BCUT2D eigenvalue weighted by atomic mass is 19.1. The number of rotatable bonds is 2. The summed E-state index contributed by atoms with van der Waals surface area (Å²) in [6.45, 7) is 3.96. The minimum atomic E-state index is -0.211. The van der Waals surface area contributed by atoms with E-state index in [1.165, 1.54) is 11.6 Å². The van der Waals surface area contributed by atoms with Gasteiger partial charge in [-0.1, -0.05) is 36.4 Å². The molecule has 23 heavy (non-hydrogen) atoms. The first kappa shape index (κ1) is 14.7. The average Bonchev–Trinajstić information content (AvgIpc) is 2.59. The van der Waals surface area contributed by atoms with Crippen molar-refractivity contribution >= 4 is 0 Å². The third-order valence-corrected chi connectivity index (χ3v) is 5.29. The average molecular weight is 311 g/mol. The van der Waals surface area contributed by atoms with Gasteiger partial charge in [0, 0.05) is 18.0 Å². The summed E-state index contributed by atoms with van der Waals surface area (Å²) in [7, 11) is 0. The Morgan fingerprint density at radius 1 is 1.04 bits per heavy atom. The lowest BCUT2D eigenvalue weighted by molar-refractivity contribution is 0.0381. The molecule has 2 aliphatic heterocycles. The van der Waals surface area contributed by atoms with Gasteiger partial charge in [-0.25, -0.2) is 4.39 Å². The molecule has 0 N–H and O–H groups in total. The summed E-state index contributed by atoms with van der Waals surface area (Å²) in [4.78, 5) is 2.53. The van der Waals surface area contributed by atoms with Crippen LogP contribution in [0.5, 0.6) is 5.75 Å². The predicted molar refractivity (Wildman–Crippen MR) is 89.0 cm³/mol. The molecule has 3 heteroatoms. The highest BCUT2D eigenvalue weighted by molar-refractivity contribution is 5.37. The lowest BCUT2D eigenvalue weighted by atomic mass is 9.73. The van der Waals surface area contributed by atoms with E-state index in [0.717, 1.165) is 56.8 Å². The number of ether oxygens (including phenoxy) is 1. The number of fused-ring (bicyclic) bond motifs is 1. The second-order valence-electron chi connectivity index (χ2n) is 6.98. The number of likely N-dealkylation sites (tertiary alicyclic amines) is 1. The SMILES string of the molecule is Fc1ccc2c(c1)OCC1(CCN(Cc3ccccc3)CC1)C2. The lowest BCUT2D eigenvalue weighted by Gasteiger charge is -2.44. The first-order valence-corrected chi connectivity index (χ1v) is 8.40. The summed E-state index contributed by atoms with van der Waals surface area (Å²) in [6.07, 6.45) is 3.31. The maximum absolute atomic E-state index is 13.3. The Labute approximate surface area is 136 Å². The van der Waals surface area contributed by atoms with Crippen LogP contribution < -0.4 is 4.74 Å². The zero-order valence-electron chi connectivity index (χ0n) is 13.3. The number of nitrogens with zero attached hydrogens (tertiary/aromatic N) is 1. The summed E-state index contributed by atoms with van der Waals surface area (Å²) in [5, 5.41) is 0. The number of piperidine rings is 1. The Hall–Kier alpha value is -1.87. The summed E-state index contributed by atoms with van der Waals surface area (Å²) in [5.41, 5.74) is 2.77. The van der Waals surface area contributed by atoms with Gasteiger partial charge in [0.15, 0.2) is 0 Å². The molecule has 2 heterocycles. The van der Waals surface area contributed by atoms with Crippen molar-refractivity contribution in [2.24, 2.45) is 5.41 Å². The van der Waals surface area contributed by atoms with Crippen LogP contribution in [0.15, 0.2) is 48.5 Å². The van der Waals surface area contributed by atoms with Gasteiger partial charge in [-0.15, -0.1) is 0 Å². The summed E-state index contributed by atoms with van der Waals surface area (Å²) >= 11 is 0. The van der Waals surface area contributed by atoms with Gasteiger partial charge in [-0.3, -0.25) is 4.90 Å². The first-order chi connectivity index (χ1) is 11.2. The molecule has 0 aliphatic carbocycles. The maximum Gasteiger partial charge on any atom is 0.126 e. The van der Waals surface area contributed by atoms with Crippen LogP contribution >= 0.6 is 0 Å². The molecule has 1 fully saturated rings. The fourth-order valence-corrected chi connectivity index (χ4v) is 3.84. The van der Waals surface area contributed by atoms with Gasteiger partial charge in [0.2, 0.25) is 0 Å². The predicted octanol–water partition coefficient (Wildman–Crippen LogP) is 4.04. The molecular weight excluding hydrogens is 289 g/mol. The number of benzene rings is 2. The molecule has 4 rings (SSSR count). The molecule has 2 aromatic rings. The van der Waals surface area contributed by atoms with Gasteiger partial charge in [-0.05, 0) is 49.5 Å². The molecule has 2 aromatic carbocycles. The molecule has 0 radical (unpaired) electrons. The van der Waals surface area contributed by atoms with Crippen LogP contribution in [0.2, 0.25) is 0 Å². The molecule has 2 nitrogen and oxygen atoms in total. The summed E-state index contributed by atoms with van der Waals surface area (Å²) in [5.74, 6) is 0.528. The van der Waals surface area contributed by atoms with E-state index in [1.54, 1.807) is 6.07 Å². The van der Waals surface area contributed by atoms with Gasteiger partial charge in [0.25, 0.3) is 0 Å². The second-order valence-corrected chi connectivity index (χ2v) is 6.98. The van der Waals surface area contributed by atoms with E-state index < -0.39 is 0 Å². The highest BCUT2D eigenvalue weighted by Crippen LogP contribution is 2.42. The molecule has 0 aromatic heterocycles. The van der Waals surface area contributed by atoms with Crippen molar-refractivity contribution in [3.8, 4) is 5.75 Å². The Bertz CT molecular complexity index is 677. The molecule has 1 saturated heterocycles. The van der Waals surface area contributed by atoms with Crippen molar-refractivity contribution in [2.75, 3.05) is 19.7 Å². The number of hydrogen-bond donors (Lipinski definition) is 0. The van der Waals surface area contributed by atoms with Crippen LogP contribution in [0.4, 0.5) is 4.39 Å². The Morgan fingerprint density at radius 3 is 2.61 bits per heavy atom. The quantitative estimate of drug-likeness (QED) is 0.830. The standard InChI is InChI=1S/C20H22FNO/c21-18-7-6-17-13-20(15-23-19(17)12-18)8-10-22(11-9-20)14-16-4-2-1-3-5-16/h1-7,12H,8-11,13-15H2. The van der Waals surface area contributed by atoms with Crippen molar-refractivity contribution in [1.29, 1.82) is 0 Å². The molecular formula is C20H22FNO. The Kier molecular flexibility index (Phi) is 3.82. The number of hydrogen-bond acceptors (Lipinski definition) is 2. The van der Waals surface area contributed by atoms with Crippen LogP contribution in [-0.2, 0) is 13.0 Å². The summed E-state index contributed by atoms with van der Waals surface area (Å²) < 4.78 is 19.2. The van der Waals surface area contributed by atoms with Crippen LogP contribution in [0, 0.1) is 11.2 Å². The molecule has 0 atom stereocenters. The van der Waals surface area contributed by atoms with E-state index in [2.05, 4.69) is 35.2 Å². The molecule has 0 bridgehead atoms. The Morgan fingerprint density at radius 2 is 1.83 bits per heavy atom. The van der Waals surface area contributed by atoms with Crippen molar-refractivity contribution in [3.05, 3.63) is 65.5 Å². The second kappa shape index (κ2) is 5.97. The van der Waals surface area contributed by atoms with Gasteiger partial charge in [0.05, 0.1) is 6.61 Å². The molecule has 0 unspecified atom stereocenters. The van der Waals surface area contributed by atoms with Crippen LogP contribution in [0.25, 0.3) is 0 Å². The maximum atomic E-state index is 13.3. The van der Waals surface area contributed by atoms with Crippen molar-refractivity contribution in [1.82, 2.24) is 4.90 Å². The van der Waals surface area contributed by atoms with Gasteiger partial charge in [-0.2, -0.15) is 0 Å². The zero-order valence-corrected chi connectivity index (χ0v) is 13.3. The van der Waals surface area contributed by atoms with Crippen LogP contribution in [-0.4, -0.2) is 24.6 Å². The highest BCUT2D eigenvalue weighted by Gasteiger charge is 2.38. The van der Waals surface area contributed by atoms with Crippen molar-refractivity contribution in [3.63, 3.8) is 0 Å². The van der Waals surface area contributed by atoms with Crippen LogP contribution in [0.1, 0.15) is 24.0 Å². The molecule has 0 amide bonds. The monoisotopic (exact) mass is 311 g/mol. The fraction of sp³-hybridized carbons (Fsp3) is 0.400. The third-order valence-electron chi connectivity index (χ3n) is 5.29. The van der Waals surface area contributed by atoms with E-state index in [4.69, 9.17) is 4.74 Å². The zero-order chi connectivity index (χ0) is 15.7. The van der Waals surface area contributed by atoms with Crippen molar-refractivity contribution < 1.29 is 9.13 Å². The fourth-order valence-electron chi connectivity index (χ4n) is 3.84. The van der Waals surface area contributed by atoms with Crippen LogP contribution in [0.3, 0.4) is 0 Å². The first-order valence-electron chi connectivity index (χ1n) is 8.40. The Balaban J connectivity index is 1.40. The van der Waals surface area contributed by atoms with Gasteiger partial charge < -0.3 is 4.74 Å². The van der Waals surface area contributed by atoms with E-state index in [9.17, 15) is 4.39 Å². The molecule has 1 spiro atoms. The molecule has 2 aliphatic rings. The smallest absolute Gasteiger partial charge is 0.126 e. The van der Waals surface area contributed by atoms with E-state index in [1.807, 2.05) is 6.07 Å². The minimum absolute atomic E-state index is 0.211. The largest absolute Gasteiger partial charge is 0.493 e. The van der Waals surface area contributed by atoms with Gasteiger partial charge >= 0.3 is 0 Å². The number of halogens is 1. The van der Waals surface area contributed by atoms with Crippen molar-refractivity contribution in [2.45, 2.75) is 25.8 Å². The van der Waals surface area contributed by atoms with E-state index in [-0.39, 0.29) is 11.2 Å². The van der Waals surface area contributed by atoms with E-state index >= 15 is 0 Å². The minimum Gasteiger partial charge on any atom is -0.493 e. The normalized spacial score (nSPS) is 20.0. The topological polar surface area (TPSA) is 12.5 Å².